The monoisotopic (exact) mass is 349 g/mol. The SMILES string of the molecule is COc1ccc(-n2nnnc2SCC(=O)NC[C@H]2CCCO2)cc1. The van der Waals surface area contributed by atoms with Crippen LogP contribution in [0.2, 0.25) is 0 Å². The largest absolute Gasteiger partial charge is 0.497 e. The quantitative estimate of drug-likeness (QED) is 0.747. The van der Waals surface area contributed by atoms with Crippen molar-refractivity contribution in [3.63, 3.8) is 0 Å². The number of hydrogen-bond acceptors (Lipinski definition) is 7. The van der Waals surface area contributed by atoms with Crippen molar-refractivity contribution in [2.24, 2.45) is 0 Å². The summed E-state index contributed by atoms with van der Waals surface area (Å²) in [6.07, 6.45) is 2.21. The summed E-state index contributed by atoms with van der Waals surface area (Å²) in [7, 11) is 1.61. The number of rotatable bonds is 7. The fourth-order valence-corrected chi connectivity index (χ4v) is 3.09. The summed E-state index contributed by atoms with van der Waals surface area (Å²) in [6.45, 7) is 1.34. The molecule has 0 bridgehead atoms. The second-order valence-electron chi connectivity index (χ2n) is 5.30. The predicted molar refractivity (Wildman–Crippen MR) is 88.4 cm³/mol. The van der Waals surface area contributed by atoms with E-state index in [1.807, 2.05) is 24.3 Å². The lowest BCUT2D eigenvalue weighted by Crippen LogP contribution is -2.32. The number of benzene rings is 1. The molecule has 0 spiro atoms. The van der Waals surface area contributed by atoms with Crippen molar-refractivity contribution in [3.8, 4) is 11.4 Å². The molecule has 1 N–H and O–H groups in total. The molecule has 0 unspecified atom stereocenters. The molecule has 3 rings (SSSR count). The van der Waals surface area contributed by atoms with Crippen LogP contribution < -0.4 is 10.1 Å². The molecule has 1 saturated heterocycles. The van der Waals surface area contributed by atoms with E-state index in [9.17, 15) is 4.79 Å². The first-order valence-corrected chi connectivity index (χ1v) is 8.69. The predicted octanol–water partition coefficient (Wildman–Crippen LogP) is 1.06. The molecular formula is C15H19N5O3S. The summed E-state index contributed by atoms with van der Waals surface area (Å²) >= 11 is 1.29. The van der Waals surface area contributed by atoms with Gasteiger partial charge in [0.05, 0.1) is 24.7 Å². The number of tetrazole rings is 1. The molecule has 1 atom stereocenters. The van der Waals surface area contributed by atoms with Gasteiger partial charge in [0.2, 0.25) is 11.1 Å². The van der Waals surface area contributed by atoms with Crippen molar-refractivity contribution in [1.82, 2.24) is 25.5 Å². The molecular weight excluding hydrogens is 330 g/mol. The van der Waals surface area contributed by atoms with Gasteiger partial charge in [-0.05, 0) is 47.5 Å². The second kappa shape index (κ2) is 8.11. The third-order valence-electron chi connectivity index (χ3n) is 3.64. The van der Waals surface area contributed by atoms with Gasteiger partial charge in [-0.15, -0.1) is 5.10 Å². The van der Waals surface area contributed by atoms with Crippen LogP contribution in [-0.2, 0) is 9.53 Å². The molecule has 128 valence electrons. The highest BCUT2D eigenvalue weighted by atomic mass is 32.2. The van der Waals surface area contributed by atoms with Gasteiger partial charge in [-0.25, -0.2) is 0 Å². The minimum Gasteiger partial charge on any atom is -0.497 e. The third-order valence-corrected chi connectivity index (χ3v) is 4.56. The molecule has 0 saturated carbocycles. The first kappa shape index (κ1) is 16.7. The average molecular weight is 349 g/mol. The number of nitrogens with one attached hydrogen (secondary N) is 1. The number of methoxy groups -OCH3 is 1. The number of nitrogens with zero attached hydrogens (tertiary/aromatic N) is 4. The molecule has 1 fully saturated rings. The number of carbonyl (C=O) groups is 1. The zero-order valence-electron chi connectivity index (χ0n) is 13.3. The Hall–Kier alpha value is -2.13. The molecule has 1 aromatic carbocycles. The zero-order chi connectivity index (χ0) is 16.8. The van der Waals surface area contributed by atoms with Crippen LogP contribution in [0.5, 0.6) is 5.75 Å². The van der Waals surface area contributed by atoms with Crippen LogP contribution in [0.4, 0.5) is 0 Å². The van der Waals surface area contributed by atoms with E-state index in [4.69, 9.17) is 9.47 Å². The van der Waals surface area contributed by atoms with E-state index in [-0.39, 0.29) is 17.8 Å². The summed E-state index contributed by atoms with van der Waals surface area (Å²) in [6, 6.07) is 7.38. The minimum absolute atomic E-state index is 0.0558. The fourth-order valence-electron chi connectivity index (χ4n) is 2.37. The Kier molecular flexibility index (Phi) is 5.65. The standard InChI is InChI=1S/C15H19N5O3S/c1-22-12-6-4-11(5-7-12)20-15(17-18-19-20)24-10-14(21)16-9-13-3-2-8-23-13/h4-7,13H,2-3,8-10H2,1H3,(H,16,21)/t13-/m1/s1. The minimum atomic E-state index is -0.0558. The highest BCUT2D eigenvalue weighted by Crippen LogP contribution is 2.20. The van der Waals surface area contributed by atoms with Crippen molar-refractivity contribution in [3.05, 3.63) is 24.3 Å². The van der Waals surface area contributed by atoms with E-state index in [2.05, 4.69) is 20.8 Å². The van der Waals surface area contributed by atoms with E-state index in [0.29, 0.717) is 11.7 Å². The lowest BCUT2D eigenvalue weighted by molar-refractivity contribution is -0.119. The lowest BCUT2D eigenvalue weighted by atomic mass is 10.2. The van der Waals surface area contributed by atoms with Gasteiger partial charge in [0, 0.05) is 13.2 Å². The van der Waals surface area contributed by atoms with Gasteiger partial charge in [0.15, 0.2) is 0 Å². The summed E-state index contributed by atoms with van der Waals surface area (Å²) in [5, 5.41) is 15.1. The van der Waals surface area contributed by atoms with Crippen LogP contribution >= 0.6 is 11.8 Å². The maximum absolute atomic E-state index is 11.9. The molecule has 0 radical (unpaired) electrons. The van der Waals surface area contributed by atoms with Crippen LogP contribution in [0, 0.1) is 0 Å². The van der Waals surface area contributed by atoms with Crippen LogP contribution in [0.25, 0.3) is 5.69 Å². The number of aromatic nitrogens is 4. The molecule has 9 heteroatoms. The van der Waals surface area contributed by atoms with E-state index in [0.717, 1.165) is 30.9 Å². The number of amides is 1. The van der Waals surface area contributed by atoms with E-state index in [1.165, 1.54) is 11.8 Å². The Balaban J connectivity index is 1.53. The van der Waals surface area contributed by atoms with Crippen LogP contribution in [0.3, 0.4) is 0 Å². The molecule has 1 aliphatic rings. The van der Waals surface area contributed by atoms with Crippen molar-refractivity contribution >= 4 is 17.7 Å². The fraction of sp³-hybridized carbons (Fsp3) is 0.467. The summed E-state index contributed by atoms with van der Waals surface area (Å²) in [5.74, 6) is 0.956. The third kappa shape index (κ3) is 4.24. The van der Waals surface area contributed by atoms with Gasteiger partial charge in [-0.2, -0.15) is 4.68 Å². The van der Waals surface area contributed by atoms with Gasteiger partial charge in [-0.3, -0.25) is 4.79 Å². The topological polar surface area (TPSA) is 91.2 Å². The number of carbonyl (C=O) groups excluding carboxylic acids is 1. The average Bonchev–Trinajstić information content (AvgIpc) is 3.29. The highest BCUT2D eigenvalue weighted by Gasteiger charge is 2.17. The molecule has 2 aromatic rings. The van der Waals surface area contributed by atoms with Gasteiger partial charge in [0.25, 0.3) is 0 Å². The molecule has 1 aromatic heterocycles. The summed E-state index contributed by atoms with van der Waals surface area (Å²) in [4.78, 5) is 11.9. The van der Waals surface area contributed by atoms with Crippen molar-refractivity contribution in [2.75, 3.05) is 26.0 Å². The molecule has 24 heavy (non-hydrogen) atoms. The van der Waals surface area contributed by atoms with Crippen molar-refractivity contribution < 1.29 is 14.3 Å². The molecule has 8 nitrogen and oxygen atoms in total. The second-order valence-corrected chi connectivity index (χ2v) is 6.24. The van der Waals surface area contributed by atoms with Gasteiger partial charge >= 0.3 is 0 Å². The number of hydrogen-bond donors (Lipinski definition) is 1. The van der Waals surface area contributed by atoms with Gasteiger partial charge in [-0.1, -0.05) is 11.8 Å². The summed E-state index contributed by atoms with van der Waals surface area (Å²) in [5.41, 5.74) is 0.808. The molecule has 1 aliphatic heterocycles. The first-order valence-electron chi connectivity index (χ1n) is 7.70. The van der Waals surface area contributed by atoms with E-state index >= 15 is 0 Å². The Morgan fingerprint density at radius 1 is 1.46 bits per heavy atom. The number of ether oxygens (including phenoxy) is 2. The van der Waals surface area contributed by atoms with Crippen LogP contribution in [-0.4, -0.2) is 58.2 Å². The smallest absolute Gasteiger partial charge is 0.230 e. The van der Waals surface area contributed by atoms with Crippen molar-refractivity contribution in [2.45, 2.75) is 24.1 Å². The number of thioether (sulfide) groups is 1. The van der Waals surface area contributed by atoms with Crippen LogP contribution in [0.1, 0.15) is 12.8 Å². The van der Waals surface area contributed by atoms with Gasteiger partial charge < -0.3 is 14.8 Å². The van der Waals surface area contributed by atoms with Crippen LogP contribution in [0.15, 0.2) is 29.4 Å². The Morgan fingerprint density at radius 2 is 2.29 bits per heavy atom. The Bertz CT molecular complexity index is 670. The van der Waals surface area contributed by atoms with E-state index < -0.39 is 0 Å². The Morgan fingerprint density at radius 3 is 3.00 bits per heavy atom. The van der Waals surface area contributed by atoms with Crippen molar-refractivity contribution in [1.29, 1.82) is 0 Å². The first-order chi connectivity index (χ1) is 11.8. The Labute approximate surface area is 143 Å². The maximum Gasteiger partial charge on any atom is 0.230 e. The summed E-state index contributed by atoms with van der Waals surface area (Å²) < 4.78 is 12.2. The maximum atomic E-state index is 11.9. The zero-order valence-corrected chi connectivity index (χ0v) is 14.2. The van der Waals surface area contributed by atoms with Gasteiger partial charge in [0.1, 0.15) is 5.75 Å². The highest BCUT2D eigenvalue weighted by molar-refractivity contribution is 7.99. The molecule has 1 amide bonds. The lowest BCUT2D eigenvalue weighted by Gasteiger charge is -2.10. The molecule has 0 aliphatic carbocycles. The molecule has 2 heterocycles. The van der Waals surface area contributed by atoms with E-state index in [1.54, 1.807) is 11.8 Å². The normalized spacial score (nSPS) is 17.0.